The molecule has 3 fully saturated rings. The van der Waals surface area contributed by atoms with Crippen LogP contribution in [0.15, 0.2) is 0 Å². The molecule has 3 rings (SSSR count). The fourth-order valence-electron chi connectivity index (χ4n) is 8.06. The van der Waals surface area contributed by atoms with Crippen LogP contribution in [0.4, 0.5) is 0 Å². The minimum atomic E-state index is -1.56. The lowest BCUT2D eigenvalue weighted by Crippen LogP contribution is -2.62. The highest BCUT2D eigenvalue weighted by atomic mass is 32.1. The summed E-state index contributed by atoms with van der Waals surface area (Å²) in [6, 6.07) is -10.6. The van der Waals surface area contributed by atoms with Gasteiger partial charge in [0, 0.05) is 31.1 Å². The van der Waals surface area contributed by atoms with Gasteiger partial charge in [-0.1, -0.05) is 27.7 Å². The summed E-state index contributed by atoms with van der Waals surface area (Å²) >= 11 is 8.01. The summed E-state index contributed by atoms with van der Waals surface area (Å²) < 4.78 is 0. The Balaban J connectivity index is 1.74. The molecule has 3 heterocycles. The van der Waals surface area contributed by atoms with Crippen LogP contribution in [0.5, 0.6) is 0 Å². The largest absolute Gasteiger partial charge is 0.480 e. The molecule has 3 aliphatic heterocycles. The molecule has 0 aromatic rings. The van der Waals surface area contributed by atoms with Crippen LogP contribution in [0.2, 0.25) is 0 Å². The lowest BCUT2D eigenvalue weighted by atomic mass is 10.0. The normalized spacial score (nSPS) is 22.1. The third kappa shape index (κ3) is 14.4. The molecule has 3 saturated heterocycles. The van der Waals surface area contributed by atoms with Gasteiger partial charge in [-0.25, -0.2) is 4.79 Å². The number of carboxylic acids is 1. The Hall–Kier alpha value is -4.19. The Morgan fingerprint density at radius 1 is 0.603 bits per heavy atom. The van der Waals surface area contributed by atoms with E-state index in [1.807, 2.05) is 13.8 Å². The molecule has 0 aromatic carbocycles. The highest BCUT2D eigenvalue weighted by molar-refractivity contribution is 7.80. The van der Waals surface area contributed by atoms with Gasteiger partial charge in [0.1, 0.15) is 48.3 Å². The topological polar surface area (TPSA) is 310 Å². The van der Waals surface area contributed by atoms with E-state index >= 15 is 0 Å². The van der Waals surface area contributed by atoms with Crippen molar-refractivity contribution in [3.63, 3.8) is 0 Å². The number of aliphatic carboxylic acids is 1. The maximum atomic E-state index is 14.1. The first kappa shape index (κ1) is 53.2. The van der Waals surface area contributed by atoms with Crippen LogP contribution in [0.3, 0.4) is 0 Å². The van der Waals surface area contributed by atoms with Gasteiger partial charge in [0.25, 0.3) is 0 Å². The SMILES string of the molecule is CC(C)C[C@H](NC(=O)[C@@H]1CCCN1C(=O)[C@@H](NC(=O)[C@H](CC(C)C)NC(=O)[C@@H]1CCCN1C(=O)[C@@H]1CCCN1C(=O)[C@@H](N)CS)[C@@H](C)O)C(=O)N[C@@H](CO)C(=O)N[C@@H](CS)C(=O)O. The predicted molar refractivity (Wildman–Crippen MR) is 235 cm³/mol. The van der Waals surface area contributed by atoms with Crippen molar-refractivity contribution < 1.29 is 58.5 Å². The second-order valence-corrected chi connectivity index (χ2v) is 18.0. The number of amides is 8. The average molecular weight is 930 g/mol. The molecule has 0 spiro atoms. The standard InChI is InChI=1S/C40H67N9O12S2/c1-20(2)15-24(32(52)44-26(17-50)34(54)45-27(19-63)40(60)61)42-36(56)29-10-7-13-48(29)39(59)31(22(5)51)46-33(53)25(16-21(3)4)43-35(55)28-9-6-12-47(28)38(58)30-11-8-14-49(30)37(57)23(41)18-62/h20-31,50-51,62-63H,6-19,41H2,1-5H3,(H,42,56)(H,43,55)(H,44,52)(H,45,54)(H,46,53)(H,60,61)/t22-,23+,24+,25+,26+,27+,28+,29+,30+,31+/m1/s1. The van der Waals surface area contributed by atoms with E-state index in [1.54, 1.807) is 13.8 Å². The van der Waals surface area contributed by atoms with Crippen LogP contribution in [0, 0.1) is 11.8 Å². The summed E-state index contributed by atoms with van der Waals surface area (Å²) in [5.41, 5.74) is 5.93. The first-order chi connectivity index (χ1) is 29.7. The summed E-state index contributed by atoms with van der Waals surface area (Å²) in [5.74, 6) is -7.30. The lowest BCUT2D eigenvalue weighted by Gasteiger charge is -2.33. The Kier molecular flexibility index (Phi) is 20.9. The minimum Gasteiger partial charge on any atom is -0.480 e. The third-order valence-electron chi connectivity index (χ3n) is 11.4. The number of carbonyl (C=O) groups excluding carboxylic acids is 8. The number of nitrogens with two attached hydrogens (primary N) is 1. The molecule has 3 aliphatic rings. The molecule has 0 aromatic heterocycles. The van der Waals surface area contributed by atoms with Crippen LogP contribution in [0.1, 0.15) is 86.0 Å². The molecule has 356 valence electrons. The highest BCUT2D eigenvalue weighted by Gasteiger charge is 2.45. The number of thiol groups is 2. The molecular weight excluding hydrogens is 863 g/mol. The van der Waals surface area contributed by atoms with Crippen molar-refractivity contribution in [3.05, 3.63) is 0 Å². The van der Waals surface area contributed by atoms with E-state index in [0.29, 0.717) is 38.6 Å². The molecule has 21 nitrogen and oxygen atoms in total. The van der Waals surface area contributed by atoms with Crippen molar-refractivity contribution in [2.24, 2.45) is 17.6 Å². The van der Waals surface area contributed by atoms with Crippen LogP contribution < -0.4 is 32.3 Å². The van der Waals surface area contributed by atoms with Crippen LogP contribution in [0.25, 0.3) is 0 Å². The molecule has 0 bridgehead atoms. The average Bonchev–Trinajstić information content (AvgIpc) is 4.03. The molecule has 63 heavy (non-hydrogen) atoms. The summed E-state index contributed by atoms with van der Waals surface area (Å²) in [7, 11) is 0. The number of hydrogen-bond donors (Lipinski definition) is 11. The molecular formula is C40H67N9O12S2. The van der Waals surface area contributed by atoms with Gasteiger partial charge in [-0.2, -0.15) is 25.3 Å². The van der Waals surface area contributed by atoms with Crippen molar-refractivity contribution in [2.75, 3.05) is 37.7 Å². The zero-order valence-corrected chi connectivity index (χ0v) is 38.4. The van der Waals surface area contributed by atoms with Gasteiger partial charge in [-0.05, 0) is 70.1 Å². The maximum Gasteiger partial charge on any atom is 0.327 e. The number of nitrogens with one attached hydrogen (secondary N) is 5. The molecule has 0 saturated carbocycles. The summed E-state index contributed by atoms with van der Waals surface area (Å²) in [4.78, 5) is 124. The molecule has 0 radical (unpaired) electrons. The van der Waals surface area contributed by atoms with Gasteiger partial charge in [0.05, 0.1) is 18.8 Å². The van der Waals surface area contributed by atoms with Gasteiger partial charge in [0.2, 0.25) is 47.3 Å². The zero-order chi connectivity index (χ0) is 47.3. The first-order valence-electron chi connectivity index (χ1n) is 21.6. The third-order valence-corrected chi connectivity index (χ3v) is 12.1. The quantitative estimate of drug-likeness (QED) is 0.0487. The summed E-state index contributed by atoms with van der Waals surface area (Å²) in [5, 5.41) is 42.5. The molecule has 0 aliphatic carbocycles. The van der Waals surface area contributed by atoms with Crippen molar-refractivity contribution in [2.45, 2.75) is 146 Å². The molecule has 8 amide bonds. The monoisotopic (exact) mass is 929 g/mol. The summed E-state index contributed by atoms with van der Waals surface area (Å²) in [6.45, 7) is 8.31. The Morgan fingerprint density at radius 3 is 1.48 bits per heavy atom. The van der Waals surface area contributed by atoms with Gasteiger partial charge in [-0.15, -0.1) is 0 Å². The van der Waals surface area contributed by atoms with Gasteiger partial charge in [0.15, 0.2) is 0 Å². The Bertz CT molecular complexity index is 1670. The fraction of sp³-hybridized carbons (Fsp3) is 0.775. The van der Waals surface area contributed by atoms with Crippen LogP contribution in [-0.4, -0.2) is 181 Å². The van der Waals surface area contributed by atoms with Crippen molar-refractivity contribution in [3.8, 4) is 0 Å². The molecule has 10 atom stereocenters. The number of hydrogen-bond acceptors (Lipinski definition) is 14. The van der Waals surface area contributed by atoms with Crippen LogP contribution in [-0.2, 0) is 43.2 Å². The van der Waals surface area contributed by atoms with E-state index < -0.39 is 114 Å². The number of nitrogens with zero attached hydrogens (tertiary/aromatic N) is 3. The van der Waals surface area contributed by atoms with E-state index in [2.05, 4.69) is 51.8 Å². The number of carboxylic acid groups (broad SMARTS) is 1. The highest BCUT2D eigenvalue weighted by Crippen LogP contribution is 2.26. The number of likely N-dealkylation sites (tertiary alicyclic amines) is 3. The molecule has 23 heteroatoms. The van der Waals surface area contributed by atoms with Gasteiger partial charge >= 0.3 is 5.97 Å². The Labute approximate surface area is 378 Å². The number of aliphatic hydroxyl groups excluding tert-OH is 2. The smallest absolute Gasteiger partial charge is 0.327 e. The van der Waals surface area contributed by atoms with E-state index in [4.69, 9.17) is 5.73 Å². The zero-order valence-electron chi connectivity index (χ0n) is 36.7. The molecule has 0 unspecified atom stereocenters. The van der Waals surface area contributed by atoms with Crippen LogP contribution >= 0.6 is 25.3 Å². The van der Waals surface area contributed by atoms with E-state index in [9.17, 15) is 58.5 Å². The number of rotatable bonds is 22. The van der Waals surface area contributed by atoms with Crippen molar-refractivity contribution >= 4 is 78.5 Å². The minimum absolute atomic E-state index is 0.0714. The van der Waals surface area contributed by atoms with Gasteiger partial charge in [-0.3, -0.25) is 38.4 Å². The molecule has 10 N–H and O–H groups in total. The predicted octanol–water partition coefficient (Wildman–Crippen LogP) is -2.88. The first-order valence-corrected chi connectivity index (χ1v) is 22.9. The van der Waals surface area contributed by atoms with Crippen molar-refractivity contribution in [1.29, 1.82) is 0 Å². The van der Waals surface area contributed by atoms with Gasteiger partial charge < -0.3 is 62.3 Å². The van der Waals surface area contributed by atoms with Crippen molar-refractivity contribution in [1.82, 2.24) is 41.3 Å². The number of aliphatic hydroxyl groups is 2. The Morgan fingerprint density at radius 2 is 1.03 bits per heavy atom. The second kappa shape index (κ2) is 24.8. The maximum absolute atomic E-state index is 14.1. The number of carbonyl (C=O) groups is 9. The van der Waals surface area contributed by atoms with E-state index in [1.165, 1.54) is 21.6 Å². The second-order valence-electron chi connectivity index (χ2n) is 17.3. The summed E-state index contributed by atoms with van der Waals surface area (Å²) in [6.07, 6.45) is 1.13. The van der Waals surface area contributed by atoms with E-state index in [0.717, 1.165) is 0 Å². The van der Waals surface area contributed by atoms with E-state index in [-0.39, 0.29) is 61.6 Å². The lowest BCUT2D eigenvalue weighted by molar-refractivity contribution is -0.147. The fourth-order valence-corrected chi connectivity index (χ4v) is 8.47.